The molecule has 18 heavy (non-hydrogen) atoms. The van der Waals surface area contributed by atoms with Crippen LogP contribution in [-0.2, 0) is 6.42 Å². The zero-order valence-corrected chi connectivity index (χ0v) is 11.4. The van der Waals surface area contributed by atoms with E-state index in [1.54, 1.807) is 0 Å². The zero-order chi connectivity index (χ0) is 13.1. The number of hydrogen-bond acceptors (Lipinski definition) is 5. The van der Waals surface area contributed by atoms with Gasteiger partial charge >= 0.3 is 0 Å². The number of nitrogens with zero attached hydrogens (tertiary/aromatic N) is 2. The fraction of sp³-hybridized carbons (Fsp3) is 0.417. The van der Waals surface area contributed by atoms with Crippen LogP contribution in [0.15, 0.2) is 16.5 Å². The van der Waals surface area contributed by atoms with Crippen molar-refractivity contribution < 1.29 is 9.21 Å². The molecule has 1 amide bonds. The van der Waals surface area contributed by atoms with Crippen LogP contribution in [0.3, 0.4) is 0 Å². The molecular formula is C12H15N3O2S. The van der Waals surface area contributed by atoms with Gasteiger partial charge in [-0.25, -0.2) is 0 Å². The van der Waals surface area contributed by atoms with Gasteiger partial charge < -0.3 is 9.73 Å². The van der Waals surface area contributed by atoms with Gasteiger partial charge in [0.25, 0.3) is 5.91 Å². The molecule has 0 radical (unpaired) electrons. The van der Waals surface area contributed by atoms with Crippen LogP contribution in [0.2, 0.25) is 0 Å². The molecule has 0 bridgehead atoms. The maximum atomic E-state index is 12.1. The normalized spacial score (nSPS) is 12.4. The topological polar surface area (TPSA) is 68.0 Å². The summed E-state index contributed by atoms with van der Waals surface area (Å²) in [4.78, 5) is 12.6. The van der Waals surface area contributed by atoms with E-state index in [1.807, 2.05) is 32.9 Å². The number of amides is 1. The first-order chi connectivity index (χ1) is 8.61. The lowest BCUT2D eigenvalue weighted by Gasteiger charge is -2.10. The molecule has 0 aromatic carbocycles. The molecular weight excluding hydrogens is 250 g/mol. The van der Waals surface area contributed by atoms with Crippen molar-refractivity contribution in [1.29, 1.82) is 0 Å². The molecule has 0 aliphatic heterocycles. The second-order valence-electron chi connectivity index (χ2n) is 4.05. The first-order valence-corrected chi connectivity index (χ1v) is 6.57. The Kier molecular flexibility index (Phi) is 3.76. The van der Waals surface area contributed by atoms with Gasteiger partial charge in [0.1, 0.15) is 16.4 Å². The second kappa shape index (κ2) is 5.30. The van der Waals surface area contributed by atoms with Crippen molar-refractivity contribution in [2.24, 2.45) is 0 Å². The molecule has 1 atom stereocenters. The first kappa shape index (κ1) is 12.8. The third-order valence-corrected chi connectivity index (χ3v) is 3.40. The molecule has 96 valence electrons. The molecule has 0 saturated heterocycles. The Morgan fingerprint density at radius 3 is 2.94 bits per heavy atom. The highest BCUT2D eigenvalue weighted by molar-refractivity contribution is 7.08. The summed E-state index contributed by atoms with van der Waals surface area (Å²) in [7, 11) is 0. The largest absolute Gasteiger partial charge is 0.464 e. The van der Waals surface area contributed by atoms with Crippen LogP contribution < -0.4 is 5.32 Å². The van der Waals surface area contributed by atoms with Gasteiger partial charge in [0.2, 0.25) is 0 Å². The Balaban J connectivity index is 2.08. The van der Waals surface area contributed by atoms with Crippen LogP contribution in [0.25, 0.3) is 0 Å². The molecule has 2 rings (SSSR count). The predicted molar refractivity (Wildman–Crippen MR) is 68.6 cm³/mol. The Morgan fingerprint density at radius 1 is 1.56 bits per heavy atom. The number of aromatic nitrogens is 2. The molecule has 1 N–H and O–H groups in total. The highest BCUT2D eigenvalue weighted by Gasteiger charge is 2.18. The predicted octanol–water partition coefficient (Wildman–Crippen LogP) is 2.49. The quantitative estimate of drug-likeness (QED) is 0.922. The summed E-state index contributed by atoms with van der Waals surface area (Å²) >= 11 is 1.12. The molecule has 2 aromatic rings. The van der Waals surface area contributed by atoms with Gasteiger partial charge in [-0.2, -0.15) is 0 Å². The SMILES string of the molecule is CCc1nnsc1C(=O)N[C@@H](C)c1ccc(C)o1. The van der Waals surface area contributed by atoms with Gasteiger partial charge in [-0.3, -0.25) is 4.79 Å². The van der Waals surface area contributed by atoms with E-state index < -0.39 is 0 Å². The summed E-state index contributed by atoms with van der Waals surface area (Å²) in [6.07, 6.45) is 0.702. The summed E-state index contributed by atoms with van der Waals surface area (Å²) in [5, 5.41) is 6.81. The van der Waals surface area contributed by atoms with E-state index in [0.717, 1.165) is 28.7 Å². The van der Waals surface area contributed by atoms with Crippen LogP contribution in [-0.4, -0.2) is 15.5 Å². The van der Waals surface area contributed by atoms with Gasteiger partial charge in [0.15, 0.2) is 0 Å². The molecule has 0 spiro atoms. The van der Waals surface area contributed by atoms with Gasteiger partial charge in [-0.05, 0) is 43.9 Å². The number of aryl methyl sites for hydroxylation is 2. The molecule has 0 fully saturated rings. The van der Waals surface area contributed by atoms with E-state index in [2.05, 4.69) is 14.9 Å². The van der Waals surface area contributed by atoms with Crippen molar-refractivity contribution in [3.8, 4) is 0 Å². The van der Waals surface area contributed by atoms with E-state index in [0.29, 0.717) is 11.3 Å². The lowest BCUT2D eigenvalue weighted by molar-refractivity contribution is 0.0938. The molecule has 0 aliphatic carbocycles. The van der Waals surface area contributed by atoms with E-state index in [9.17, 15) is 4.79 Å². The van der Waals surface area contributed by atoms with Gasteiger partial charge in [0.05, 0.1) is 11.7 Å². The van der Waals surface area contributed by atoms with Crippen molar-refractivity contribution in [3.05, 3.63) is 34.2 Å². The Labute approximate surface area is 109 Å². The van der Waals surface area contributed by atoms with Crippen LogP contribution in [0.5, 0.6) is 0 Å². The fourth-order valence-electron chi connectivity index (χ4n) is 1.63. The lowest BCUT2D eigenvalue weighted by atomic mass is 10.2. The van der Waals surface area contributed by atoms with E-state index in [4.69, 9.17) is 4.42 Å². The number of nitrogens with one attached hydrogen (secondary N) is 1. The van der Waals surface area contributed by atoms with Gasteiger partial charge in [-0.1, -0.05) is 11.4 Å². The highest BCUT2D eigenvalue weighted by Crippen LogP contribution is 2.18. The van der Waals surface area contributed by atoms with E-state index in [-0.39, 0.29) is 11.9 Å². The van der Waals surface area contributed by atoms with Crippen molar-refractivity contribution >= 4 is 17.4 Å². The minimum absolute atomic E-state index is 0.150. The van der Waals surface area contributed by atoms with Crippen LogP contribution in [0.1, 0.15) is 46.8 Å². The van der Waals surface area contributed by atoms with Gasteiger partial charge in [0, 0.05) is 0 Å². The number of furan rings is 1. The number of carbonyl (C=O) groups is 1. The maximum absolute atomic E-state index is 12.1. The third-order valence-electron chi connectivity index (χ3n) is 2.63. The summed E-state index contributed by atoms with van der Waals surface area (Å²) < 4.78 is 9.28. The summed E-state index contributed by atoms with van der Waals surface area (Å²) in [5.74, 6) is 1.43. The van der Waals surface area contributed by atoms with Crippen molar-refractivity contribution in [3.63, 3.8) is 0 Å². The van der Waals surface area contributed by atoms with Crippen molar-refractivity contribution in [2.75, 3.05) is 0 Å². The summed E-state index contributed by atoms with van der Waals surface area (Å²) in [6, 6.07) is 3.58. The zero-order valence-electron chi connectivity index (χ0n) is 10.6. The highest BCUT2D eigenvalue weighted by atomic mass is 32.1. The molecule has 5 nitrogen and oxygen atoms in total. The molecule has 0 unspecified atom stereocenters. The molecule has 2 aromatic heterocycles. The van der Waals surface area contributed by atoms with Crippen molar-refractivity contribution in [1.82, 2.24) is 14.9 Å². The summed E-state index contributed by atoms with van der Waals surface area (Å²) in [6.45, 7) is 5.71. The second-order valence-corrected chi connectivity index (χ2v) is 4.80. The van der Waals surface area contributed by atoms with E-state index in [1.165, 1.54) is 0 Å². The minimum Gasteiger partial charge on any atom is -0.464 e. The average molecular weight is 265 g/mol. The first-order valence-electron chi connectivity index (χ1n) is 5.80. The Morgan fingerprint density at radius 2 is 2.33 bits per heavy atom. The Hall–Kier alpha value is -1.69. The van der Waals surface area contributed by atoms with Crippen LogP contribution in [0.4, 0.5) is 0 Å². The average Bonchev–Trinajstić information content (AvgIpc) is 2.96. The van der Waals surface area contributed by atoms with Gasteiger partial charge in [-0.15, -0.1) is 5.10 Å². The van der Waals surface area contributed by atoms with Crippen LogP contribution >= 0.6 is 11.5 Å². The minimum atomic E-state index is -0.169. The number of hydrogen-bond donors (Lipinski definition) is 1. The third kappa shape index (κ3) is 2.59. The number of carbonyl (C=O) groups excluding carboxylic acids is 1. The monoisotopic (exact) mass is 265 g/mol. The Bertz CT molecular complexity index is 547. The van der Waals surface area contributed by atoms with Crippen molar-refractivity contribution in [2.45, 2.75) is 33.2 Å². The smallest absolute Gasteiger partial charge is 0.265 e. The molecule has 2 heterocycles. The fourth-order valence-corrected chi connectivity index (χ4v) is 2.29. The lowest BCUT2D eigenvalue weighted by Crippen LogP contribution is -2.26. The standard InChI is InChI=1S/C12H15N3O2S/c1-4-9-11(18-15-14-9)12(16)13-8(3)10-6-5-7(2)17-10/h5-6,8H,4H2,1-3H3,(H,13,16)/t8-/m0/s1. The molecule has 6 heteroatoms. The summed E-state index contributed by atoms with van der Waals surface area (Å²) in [5.41, 5.74) is 0.736. The molecule has 0 aliphatic rings. The number of rotatable bonds is 4. The van der Waals surface area contributed by atoms with Crippen LogP contribution in [0, 0.1) is 6.92 Å². The van der Waals surface area contributed by atoms with E-state index >= 15 is 0 Å². The maximum Gasteiger partial charge on any atom is 0.265 e. The molecule has 0 saturated carbocycles.